The van der Waals surface area contributed by atoms with Crippen molar-refractivity contribution in [1.82, 2.24) is 15.2 Å². The molecule has 0 radical (unpaired) electrons. The summed E-state index contributed by atoms with van der Waals surface area (Å²) in [5, 5.41) is 2.89. The number of carbonyl (C=O) groups is 2. The normalized spacial score (nSPS) is 19.6. The molecule has 1 aromatic carbocycles. The SMILES string of the molecule is O=C1NCCN(C(=O)c2cnc3c(c2)CCCC3)[C@@H]1Cc1ccccc1. The molecular weight excluding hydrogens is 326 g/mol. The molecule has 0 unspecified atom stereocenters. The molecule has 2 heterocycles. The first-order chi connectivity index (χ1) is 12.7. The van der Waals surface area contributed by atoms with Crippen molar-refractivity contribution in [2.75, 3.05) is 13.1 Å². The maximum atomic E-state index is 13.1. The van der Waals surface area contributed by atoms with E-state index in [4.69, 9.17) is 0 Å². The number of nitrogens with zero attached hydrogens (tertiary/aromatic N) is 2. The van der Waals surface area contributed by atoms with E-state index in [9.17, 15) is 9.59 Å². The van der Waals surface area contributed by atoms with E-state index in [0.29, 0.717) is 25.1 Å². The molecule has 134 valence electrons. The molecule has 5 heteroatoms. The predicted molar refractivity (Wildman–Crippen MR) is 98.9 cm³/mol. The van der Waals surface area contributed by atoms with Gasteiger partial charge in [0.15, 0.2) is 0 Å². The van der Waals surface area contributed by atoms with E-state index in [0.717, 1.165) is 30.5 Å². The van der Waals surface area contributed by atoms with Gasteiger partial charge in [-0.3, -0.25) is 14.6 Å². The minimum atomic E-state index is -0.477. The summed E-state index contributed by atoms with van der Waals surface area (Å²) in [5.74, 6) is -0.180. The van der Waals surface area contributed by atoms with Crippen molar-refractivity contribution in [3.05, 3.63) is 65.0 Å². The number of amides is 2. The number of hydrogen-bond donors (Lipinski definition) is 1. The molecule has 4 rings (SSSR count). The van der Waals surface area contributed by atoms with Gasteiger partial charge in [-0.1, -0.05) is 30.3 Å². The van der Waals surface area contributed by atoms with E-state index in [1.165, 1.54) is 12.0 Å². The second-order valence-electron chi connectivity index (χ2n) is 7.03. The Morgan fingerprint density at radius 3 is 2.85 bits per heavy atom. The van der Waals surface area contributed by atoms with Gasteiger partial charge in [-0.05, 0) is 42.9 Å². The molecule has 2 aromatic rings. The summed E-state index contributed by atoms with van der Waals surface area (Å²) in [6.07, 6.45) is 6.49. The van der Waals surface area contributed by atoms with Crippen LogP contribution in [-0.2, 0) is 24.1 Å². The Morgan fingerprint density at radius 2 is 2.00 bits per heavy atom. The van der Waals surface area contributed by atoms with E-state index in [-0.39, 0.29) is 11.8 Å². The number of rotatable bonds is 3. The summed E-state index contributed by atoms with van der Waals surface area (Å²) in [4.78, 5) is 31.8. The third-order valence-corrected chi connectivity index (χ3v) is 5.28. The number of fused-ring (bicyclic) bond motifs is 1. The van der Waals surface area contributed by atoms with Gasteiger partial charge in [0.25, 0.3) is 5.91 Å². The Kier molecular flexibility index (Phi) is 4.69. The molecule has 1 atom stereocenters. The van der Waals surface area contributed by atoms with Crippen LogP contribution in [-0.4, -0.2) is 40.8 Å². The lowest BCUT2D eigenvalue weighted by Crippen LogP contribution is -2.58. The number of aryl methyl sites for hydroxylation is 2. The van der Waals surface area contributed by atoms with Gasteiger partial charge in [0, 0.05) is 31.4 Å². The molecule has 1 fully saturated rings. The van der Waals surface area contributed by atoms with Crippen LogP contribution < -0.4 is 5.32 Å². The minimum absolute atomic E-state index is 0.0839. The molecule has 26 heavy (non-hydrogen) atoms. The van der Waals surface area contributed by atoms with Crippen molar-refractivity contribution in [1.29, 1.82) is 0 Å². The van der Waals surface area contributed by atoms with Gasteiger partial charge in [0.05, 0.1) is 5.56 Å². The van der Waals surface area contributed by atoms with Crippen molar-refractivity contribution in [3.63, 3.8) is 0 Å². The maximum absolute atomic E-state index is 13.1. The van der Waals surface area contributed by atoms with Crippen molar-refractivity contribution < 1.29 is 9.59 Å². The third kappa shape index (κ3) is 3.34. The van der Waals surface area contributed by atoms with Crippen molar-refractivity contribution in [2.45, 2.75) is 38.1 Å². The molecule has 1 aliphatic heterocycles. The van der Waals surface area contributed by atoms with Crippen molar-refractivity contribution in [2.24, 2.45) is 0 Å². The first-order valence-electron chi connectivity index (χ1n) is 9.33. The molecule has 0 bridgehead atoms. The lowest BCUT2D eigenvalue weighted by atomic mass is 9.94. The smallest absolute Gasteiger partial charge is 0.256 e. The third-order valence-electron chi connectivity index (χ3n) is 5.28. The van der Waals surface area contributed by atoms with Gasteiger partial charge in [0.2, 0.25) is 5.91 Å². The summed E-state index contributed by atoms with van der Waals surface area (Å²) in [7, 11) is 0. The zero-order valence-electron chi connectivity index (χ0n) is 14.8. The highest BCUT2D eigenvalue weighted by Crippen LogP contribution is 2.22. The molecular formula is C21H23N3O2. The second-order valence-corrected chi connectivity index (χ2v) is 7.03. The van der Waals surface area contributed by atoms with Gasteiger partial charge in [-0.25, -0.2) is 0 Å². The van der Waals surface area contributed by atoms with Crippen LogP contribution in [0.15, 0.2) is 42.6 Å². The molecule has 1 aliphatic carbocycles. The molecule has 2 amide bonds. The van der Waals surface area contributed by atoms with Crippen LogP contribution >= 0.6 is 0 Å². The van der Waals surface area contributed by atoms with Crippen LogP contribution in [0.2, 0.25) is 0 Å². The van der Waals surface area contributed by atoms with Crippen LogP contribution in [0, 0.1) is 0 Å². The van der Waals surface area contributed by atoms with Gasteiger partial charge in [0.1, 0.15) is 6.04 Å². The van der Waals surface area contributed by atoms with E-state index in [1.54, 1.807) is 11.1 Å². The van der Waals surface area contributed by atoms with Gasteiger partial charge in [-0.15, -0.1) is 0 Å². The van der Waals surface area contributed by atoms with E-state index in [1.807, 2.05) is 36.4 Å². The van der Waals surface area contributed by atoms with Crippen LogP contribution in [0.3, 0.4) is 0 Å². The fourth-order valence-electron chi connectivity index (χ4n) is 3.87. The number of piperazine rings is 1. The van der Waals surface area contributed by atoms with Crippen LogP contribution in [0.5, 0.6) is 0 Å². The summed E-state index contributed by atoms with van der Waals surface area (Å²) in [6, 6.07) is 11.3. The highest BCUT2D eigenvalue weighted by molar-refractivity contribution is 5.98. The van der Waals surface area contributed by atoms with E-state index in [2.05, 4.69) is 10.3 Å². The lowest BCUT2D eigenvalue weighted by Gasteiger charge is -2.35. The van der Waals surface area contributed by atoms with Crippen LogP contribution in [0.25, 0.3) is 0 Å². The first kappa shape index (κ1) is 16.8. The summed E-state index contributed by atoms with van der Waals surface area (Å²) in [5.41, 5.74) is 3.95. The Labute approximate surface area is 153 Å². The van der Waals surface area contributed by atoms with Crippen LogP contribution in [0.1, 0.15) is 40.0 Å². The molecule has 0 spiro atoms. The van der Waals surface area contributed by atoms with E-state index >= 15 is 0 Å². The van der Waals surface area contributed by atoms with Gasteiger partial charge < -0.3 is 10.2 Å². The molecule has 1 aromatic heterocycles. The summed E-state index contributed by atoms with van der Waals surface area (Å²) < 4.78 is 0. The Morgan fingerprint density at radius 1 is 1.19 bits per heavy atom. The highest BCUT2D eigenvalue weighted by atomic mass is 16.2. The summed E-state index contributed by atoms with van der Waals surface area (Å²) >= 11 is 0. The number of carbonyl (C=O) groups excluding carboxylic acids is 2. The number of pyridine rings is 1. The average Bonchev–Trinajstić information content (AvgIpc) is 2.69. The Balaban J connectivity index is 1.59. The van der Waals surface area contributed by atoms with Crippen LogP contribution in [0.4, 0.5) is 0 Å². The molecule has 1 N–H and O–H groups in total. The molecule has 2 aliphatic rings. The standard InChI is InChI=1S/C21H23N3O2/c25-20-19(12-15-6-2-1-3-7-15)24(11-10-22-20)21(26)17-13-16-8-4-5-9-18(16)23-14-17/h1-3,6-7,13-14,19H,4-5,8-12H2,(H,22,25)/t19-/m1/s1. The van der Waals surface area contributed by atoms with Gasteiger partial charge in [-0.2, -0.15) is 0 Å². The van der Waals surface area contributed by atoms with E-state index < -0.39 is 6.04 Å². The van der Waals surface area contributed by atoms with Crippen molar-refractivity contribution >= 4 is 11.8 Å². The quantitative estimate of drug-likeness (QED) is 0.923. The monoisotopic (exact) mass is 349 g/mol. The number of aromatic nitrogens is 1. The summed E-state index contributed by atoms with van der Waals surface area (Å²) in [6.45, 7) is 1.02. The molecule has 1 saturated heterocycles. The molecule has 5 nitrogen and oxygen atoms in total. The molecule has 0 saturated carbocycles. The minimum Gasteiger partial charge on any atom is -0.353 e. The lowest BCUT2D eigenvalue weighted by molar-refractivity contribution is -0.127. The topological polar surface area (TPSA) is 62.3 Å². The average molecular weight is 349 g/mol. The zero-order valence-corrected chi connectivity index (χ0v) is 14.8. The first-order valence-corrected chi connectivity index (χ1v) is 9.33. The zero-order chi connectivity index (χ0) is 17.9. The van der Waals surface area contributed by atoms with Crippen molar-refractivity contribution in [3.8, 4) is 0 Å². The predicted octanol–water partition coefficient (Wildman–Crippen LogP) is 2.14. The highest BCUT2D eigenvalue weighted by Gasteiger charge is 2.34. The fraction of sp³-hybridized carbons (Fsp3) is 0.381. The Bertz CT molecular complexity index is 819. The number of hydrogen-bond acceptors (Lipinski definition) is 3. The fourth-order valence-corrected chi connectivity index (χ4v) is 3.87. The number of benzene rings is 1. The largest absolute Gasteiger partial charge is 0.353 e. The van der Waals surface area contributed by atoms with Gasteiger partial charge >= 0.3 is 0 Å². The maximum Gasteiger partial charge on any atom is 0.256 e. The number of nitrogens with one attached hydrogen (secondary N) is 1. The Hall–Kier alpha value is -2.69. The second kappa shape index (κ2) is 7.28.